The monoisotopic (exact) mass is 251 g/mol. The van der Waals surface area contributed by atoms with Crippen molar-refractivity contribution >= 4 is 0 Å². The molecule has 0 aliphatic heterocycles. The molecule has 0 spiro atoms. The molecule has 1 nitrogen and oxygen atoms in total. The summed E-state index contributed by atoms with van der Waals surface area (Å²) >= 11 is 0. The zero-order valence-electron chi connectivity index (χ0n) is 11.3. The molecule has 0 saturated heterocycles. The van der Waals surface area contributed by atoms with Crippen LogP contribution >= 0.6 is 0 Å². The second-order valence-corrected chi connectivity index (χ2v) is 5.41. The molecule has 0 bridgehead atoms. The molecule has 1 aliphatic rings. The molecule has 1 aliphatic carbocycles. The molecule has 0 unspecified atom stereocenters. The van der Waals surface area contributed by atoms with Crippen LogP contribution in [0.2, 0.25) is 0 Å². The molecule has 2 aromatic rings. The minimum atomic E-state index is 0.461. The molecule has 19 heavy (non-hydrogen) atoms. The van der Waals surface area contributed by atoms with E-state index >= 15 is 0 Å². The summed E-state index contributed by atoms with van der Waals surface area (Å²) in [5.41, 5.74) is 2.81. The van der Waals surface area contributed by atoms with Gasteiger partial charge in [-0.3, -0.25) is 0 Å². The van der Waals surface area contributed by atoms with Gasteiger partial charge in [-0.15, -0.1) is 0 Å². The van der Waals surface area contributed by atoms with Gasteiger partial charge in [-0.1, -0.05) is 67.1 Å². The summed E-state index contributed by atoms with van der Waals surface area (Å²) in [4.78, 5) is 0. The van der Waals surface area contributed by atoms with Gasteiger partial charge in [0.05, 0.1) is 0 Å². The van der Waals surface area contributed by atoms with Gasteiger partial charge in [-0.05, 0) is 24.0 Å². The first kappa shape index (κ1) is 12.4. The zero-order valence-corrected chi connectivity index (χ0v) is 11.3. The highest BCUT2D eigenvalue weighted by atomic mass is 14.9. The summed E-state index contributed by atoms with van der Waals surface area (Å²) in [7, 11) is 0. The van der Waals surface area contributed by atoms with Crippen molar-refractivity contribution in [2.45, 2.75) is 31.2 Å². The van der Waals surface area contributed by atoms with Crippen molar-refractivity contribution in [1.29, 1.82) is 0 Å². The number of hydrogen-bond acceptors (Lipinski definition) is 1. The van der Waals surface area contributed by atoms with Crippen LogP contribution in [0.4, 0.5) is 0 Å². The van der Waals surface area contributed by atoms with Gasteiger partial charge in [0.2, 0.25) is 0 Å². The van der Waals surface area contributed by atoms with Crippen LogP contribution in [0.3, 0.4) is 0 Å². The van der Waals surface area contributed by atoms with E-state index in [9.17, 15) is 0 Å². The van der Waals surface area contributed by atoms with Crippen molar-refractivity contribution in [1.82, 2.24) is 5.32 Å². The van der Waals surface area contributed by atoms with Crippen molar-refractivity contribution in [2.24, 2.45) is 0 Å². The Kier molecular flexibility index (Phi) is 3.95. The maximum Gasteiger partial charge on any atom is 0.0214 e. The lowest BCUT2D eigenvalue weighted by Gasteiger charge is -2.29. The zero-order chi connectivity index (χ0) is 12.9. The smallest absolute Gasteiger partial charge is 0.0214 e. The molecule has 0 radical (unpaired) electrons. The average molecular weight is 251 g/mol. The molecular weight excluding hydrogens is 230 g/mol. The Hall–Kier alpha value is -1.60. The van der Waals surface area contributed by atoms with Crippen molar-refractivity contribution in [3.8, 4) is 0 Å². The van der Waals surface area contributed by atoms with Crippen molar-refractivity contribution < 1.29 is 0 Å². The van der Waals surface area contributed by atoms with Crippen molar-refractivity contribution in [3.05, 3.63) is 71.8 Å². The summed E-state index contributed by atoms with van der Waals surface area (Å²) in [6.45, 7) is 1.04. The van der Waals surface area contributed by atoms with Gasteiger partial charge in [0.25, 0.3) is 0 Å². The lowest BCUT2D eigenvalue weighted by Crippen LogP contribution is -2.37. The van der Waals surface area contributed by atoms with E-state index in [1.54, 1.807) is 0 Å². The van der Waals surface area contributed by atoms with Gasteiger partial charge >= 0.3 is 0 Å². The largest absolute Gasteiger partial charge is 0.313 e. The van der Waals surface area contributed by atoms with Gasteiger partial charge in [-0.2, -0.15) is 0 Å². The lowest BCUT2D eigenvalue weighted by molar-refractivity contribution is 0.337. The van der Waals surface area contributed by atoms with Crippen molar-refractivity contribution in [2.75, 3.05) is 6.54 Å². The van der Waals surface area contributed by atoms with Crippen LogP contribution < -0.4 is 5.32 Å². The molecule has 0 atom stereocenters. The Labute approximate surface area is 115 Å². The number of nitrogens with one attached hydrogen (secondary N) is 1. The highest BCUT2D eigenvalue weighted by molar-refractivity contribution is 5.32. The molecular formula is C18H21N. The molecule has 1 N–H and O–H groups in total. The Morgan fingerprint density at radius 3 is 1.79 bits per heavy atom. The van der Waals surface area contributed by atoms with Crippen LogP contribution in [0.5, 0.6) is 0 Å². The number of benzene rings is 2. The third-order valence-corrected chi connectivity index (χ3v) is 4.12. The Morgan fingerprint density at radius 2 is 1.37 bits per heavy atom. The molecule has 0 aromatic heterocycles. The van der Waals surface area contributed by atoms with Crippen LogP contribution in [0.1, 0.15) is 36.3 Å². The predicted molar refractivity (Wildman–Crippen MR) is 80.4 cm³/mol. The topological polar surface area (TPSA) is 12.0 Å². The maximum absolute atomic E-state index is 3.72. The van der Waals surface area contributed by atoms with E-state index in [4.69, 9.17) is 0 Å². The predicted octanol–water partition coefficient (Wildman–Crippen LogP) is 3.96. The highest BCUT2D eigenvalue weighted by Gasteiger charge is 2.20. The summed E-state index contributed by atoms with van der Waals surface area (Å²) in [5, 5.41) is 3.72. The van der Waals surface area contributed by atoms with E-state index in [1.807, 2.05) is 0 Å². The first-order chi connectivity index (χ1) is 9.43. The third-order valence-electron chi connectivity index (χ3n) is 4.12. The molecule has 3 rings (SSSR count). The summed E-state index contributed by atoms with van der Waals surface area (Å²) in [6.07, 6.45) is 4.08. The van der Waals surface area contributed by atoms with Crippen LogP contribution in [0.15, 0.2) is 60.7 Å². The van der Waals surface area contributed by atoms with Gasteiger partial charge in [0.1, 0.15) is 0 Å². The minimum absolute atomic E-state index is 0.461. The summed E-state index contributed by atoms with van der Waals surface area (Å²) < 4.78 is 0. The molecule has 98 valence electrons. The molecule has 0 amide bonds. The maximum atomic E-state index is 3.72. The summed E-state index contributed by atoms with van der Waals surface area (Å²) in [6, 6.07) is 22.4. The Balaban J connectivity index is 1.78. The van der Waals surface area contributed by atoms with E-state index in [0.717, 1.165) is 12.6 Å². The molecule has 2 aromatic carbocycles. The fraction of sp³-hybridized carbons (Fsp3) is 0.333. The molecule has 1 heteroatoms. The standard InChI is InChI=1S/C18H21N/c1-3-8-15(9-4-1)18(14-19-17-12-7-13-17)16-10-5-2-6-11-16/h1-6,8-11,17-19H,7,12-14H2. The van der Waals surface area contributed by atoms with Crippen molar-refractivity contribution in [3.63, 3.8) is 0 Å². The number of hydrogen-bond donors (Lipinski definition) is 1. The van der Waals surface area contributed by atoms with E-state index in [2.05, 4.69) is 66.0 Å². The summed E-state index contributed by atoms with van der Waals surface area (Å²) in [5.74, 6) is 0.461. The average Bonchev–Trinajstić information content (AvgIpc) is 2.43. The second kappa shape index (κ2) is 6.03. The van der Waals surface area contributed by atoms with Gasteiger partial charge in [-0.25, -0.2) is 0 Å². The first-order valence-electron chi connectivity index (χ1n) is 7.27. The van der Waals surface area contributed by atoms with Crippen LogP contribution in [-0.4, -0.2) is 12.6 Å². The fourth-order valence-corrected chi connectivity index (χ4v) is 2.70. The third kappa shape index (κ3) is 3.05. The second-order valence-electron chi connectivity index (χ2n) is 5.41. The SMILES string of the molecule is c1ccc(C(CNC2CCC2)c2ccccc2)cc1. The van der Waals surface area contributed by atoms with E-state index in [-0.39, 0.29) is 0 Å². The first-order valence-corrected chi connectivity index (χ1v) is 7.27. The van der Waals surface area contributed by atoms with Crippen LogP contribution in [0, 0.1) is 0 Å². The fourth-order valence-electron chi connectivity index (χ4n) is 2.70. The molecule has 1 fully saturated rings. The molecule has 1 saturated carbocycles. The Bertz CT molecular complexity index is 448. The normalized spacial score (nSPS) is 15.4. The number of rotatable bonds is 5. The van der Waals surface area contributed by atoms with E-state index in [0.29, 0.717) is 5.92 Å². The van der Waals surface area contributed by atoms with Gasteiger partial charge < -0.3 is 5.32 Å². The molecule has 0 heterocycles. The van der Waals surface area contributed by atoms with Gasteiger partial charge in [0, 0.05) is 18.5 Å². The minimum Gasteiger partial charge on any atom is -0.313 e. The highest BCUT2D eigenvalue weighted by Crippen LogP contribution is 2.25. The van der Waals surface area contributed by atoms with Crippen LogP contribution in [-0.2, 0) is 0 Å². The van der Waals surface area contributed by atoms with Crippen LogP contribution in [0.25, 0.3) is 0 Å². The van der Waals surface area contributed by atoms with E-state index in [1.165, 1.54) is 30.4 Å². The lowest BCUT2D eigenvalue weighted by atomic mass is 9.89. The quantitative estimate of drug-likeness (QED) is 0.848. The van der Waals surface area contributed by atoms with Gasteiger partial charge in [0.15, 0.2) is 0 Å². The van der Waals surface area contributed by atoms with E-state index < -0.39 is 0 Å². The Morgan fingerprint density at radius 1 is 0.842 bits per heavy atom.